The van der Waals surface area contributed by atoms with Crippen molar-refractivity contribution in [3.63, 3.8) is 0 Å². The van der Waals surface area contributed by atoms with E-state index in [0.29, 0.717) is 10.6 Å². The largest absolute Gasteiger partial charge is 0.342 e. The summed E-state index contributed by atoms with van der Waals surface area (Å²) in [6.45, 7) is 3.11. The van der Waals surface area contributed by atoms with Crippen LogP contribution in [0.15, 0.2) is 24.3 Å². The summed E-state index contributed by atoms with van der Waals surface area (Å²) in [4.78, 5) is 14.1. The van der Waals surface area contributed by atoms with Gasteiger partial charge in [0.2, 0.25) is 0 Å². The fraction of sp³-hybridized carbons (Fsp3) is 0.708. The van der Waals surface area contributed by atoms with E-state index in [1.54, 1.807) is 24.3 Å². The number of carbonyl (C=O) groups excluding carboxylic acids is 1. The van der Waals surface area contributed by atoms with Gasteiger partial charge < -0.3 is 4.90 Å². The molecular weight excluding hydrogens is 354 g/mol. The maximum Gasteiger partial charge on any atom is 0.253 e. The molecule has 27 heavy (non-hydrogen) atoms. The van der Waals surface area contributed by atoms with Crippen LogP contribution in [0.5, 0.6) is 0 Å². The van der Waals surface area contributed by atoms with E-state index in [9.17, 15) is 4.79 Å². The number of carbonyl (C=O) groups is 1. The molecule has 154 valence electrons. The van der Waals surface area contributed by atoms with Crippen molar-refractivity contribution in [1.29, 1.82) is 0 Å². The Bertz CT molecular complexity index is 486. The van der Waals surface area contributed by atoms with Crippen LogP contribution in [0.25, 0.3) is 0 Å². The Hall–Kier alpha value is -1.02. The number of rotatable bonds is 16. The van der Waals surface area contributed by atoms with Gasteiger partial charge >= 0.3 is 0 Å². The fourth-order valence-electron chi connectivity index (χ4n) is 3.46. The van der Waals surface area contributed by atoms with Crippen molar-refractivity contribution in [3.8, 4) is 0 Å². The molecule has 3 heteroatoms. The molecule has 0 spiro atoms. The SMILES string of the molecule is CCCCCCCCCCCCCCCCN(C)C(=O)c1ccc(Cl)cc1. The lowest BCUT2D eigenvalue weighted by Gasteiger charge is -2.17. The Balaban J connectivity index is 1.91. The van der Waals surface area contributed by atoms with E-state index in [1.807, 2.05) is 11.9 Å². The molecular formula is C24H40ClNO. The molecule has 0 unspecified atom stereocenters. The molecule has 0 N–H and O–H groups in total. The van der Waals surface area contributed by atoms with E-state index in [2.05, 4.69) is 6.92 Å². The number of nitrogens with zero attached hydrogens (tertiary/aromatic N) is 1. The van der Waals surface area contributed by atoms with Crippen LogP contribution >= 0.6 is 11.6 Å². The van der Waals surface area contributed by atoms with Crippen LogP contribution in [-0.4, -0.2) is 24.4 Å². The molecule has 1 amide bonds. The van der Waals surface area contributed by atoms with E-state index in [4.69, 9.17) is 11.6 Å². The predicted molar refractivity (Wildman–Crippen MR) is 119 cm³/mol. The highest BCUT2D eigenvalue weighted by Crippen LogP contribution is 2.14. The number of hydrogen-bond acceptors (Lipinski definition) is 1. The van der Waals surface area contributed by atoms with Crippen LogP contribution in [0.1, 0.15) is 107 Å². The van der Waals surface area contributed by atoms with E-state index < -0.39 is 0 Å². The quantitative estimate of drug-likeness (QED) is 0.261. The molecule has 0 fully saturated rings. The molecule has 0 saturated heterocycles. The minimum atomic E-state index is 0.0846. The van der Waals surface area contributed by atoms with Gasteiger partial charge in [-0.25, -0.2) is 0 Å². The van der Waals surface area contributed by atoms with Gasteiger partial charge in [-0.2, -0.15) is 0 Å². The molecule has 1 aromatic rings. The molecule has 0 heterocycles. The van der Waals surface area contributed by atoms with Gasteiger partial charge in [-0.05, 0) is 30.7 Å². The lowest BCUT2D eigenvalue weighted by atomic mass is 10.0. The Morgan fingerprint density at radius 1 is 0.741 bits per heavy atom. The van der Waals surface area contributed by atoms with Gasteiger partial charge in [0.1, 0.15) is 0 Å². The topological polar surface area (TPSA) is 20.3 Å². The Kier molecular flexibility index (Phi) is 14.2. The molecule has 0 radical (unpaired) electrons. The van der Waals surface area contributed by atoms with Crippen LogP contribution in [0.4, 0.5) is 0 Å². The number of amides is 1. The first-order chi connectivity index (χ1) is 13.1. The van der Waals surface area contributed by atoms with Crippen LogP contribution in [0.2, 0.25) is 5.02 Å². The van der Waals surface area contributed by atoms with E-state index in [1.165, 1.54) is 83.5 Å². The third-order valence-electron chi connectivity index (χ3n) is 5.28. The van der Waals surface area contributed by atoms with Crippen molar-refractivity contribution in [3.05, 3.63) is 34.9 Å². The summed E-state index contributed by atoms with van der Waals surface area (Å²) in [5.41, 5.74) is 0.715. The highest BCUT2D eigenvalue weighted by molar-refractivity contribution is 6.30. The lowest BCUT2D eigenvalue weighted by molar-refractivity contribution is 0.0792. The fourth-order valence-corrected chi connectivity index (χ4v) is 3.58. The van der Waals surface area contributed by atoms with Gasteiger partial charge in [0.25, 0.3) is 5.91 Å². The first kappa shape index (κ1) is 24.0. The van der Waals surface area contributed by atoms with Gasteiger partial charge in [-0.15, -0.1) is 0 Å². The molecule has 1 aromatic carbocycles. The first-order valence-electron chi connectivity index (χ1n) is 11.2. The van der Waals surface area contributed by atoms with Gasteiger partial charge in [0.15, 0.2) is 0 Å². The summed E-state index contributed by atoms with van der Waals surface area (Å²) in [5, 5.41) is 0.668. The zero-order valence-corrected chi connectivity index (χ0v) is 18.4. The van der Waals surface area contributed by atoms with Crippen LogP contribution in [0.3, 0.4) is 0 Å². The second-order valence-corrected chi connectivity index (χ2v) is 8.27. The number of benzene rings is 1. The molecule has 0 aliphatic carbocycles. The summed E-state index contributed by atoms with van der Waals surface area (Å²) in [6.07, 6.45) is 19.0. The first-order valence-corrected chi connectivity index (χ1v) is 11.5. The molecule has 0 bridgehead atoms. The highest BCUT2D eigenvalue weighted by Gasteiger charge is 2.10. The molecule has 0 aromatic heterocycles. The minimum absolute atomic E-state index is 0.0846. The van der Waals surface area contributed by atoms with Crippen LogP contribution in [0, 0.1) is 0 Å². The summed E-state index contributed by atoms with van der Waals surface area (Å²) in [6, 6.07) is 7.14. The molecule has 0 aliphatic heterocycles. The van der Waals surface area contributed by atoms with Crippen molar-refractivity contribution < 1.29 is 4.79 Å². The van der Waals surface area contributed by atoms with Gasteiger partial charge in [0.05, 0.1) is 0 Å². The number of halogens is 1. The molecule has 1 rings (SSSR count). The van der Waals surface area contributed by atoms with Crippen molar-refractivity contribution in [2.75, 3.05) is 13.6 Å². The van der Waals surface area contributed by atoms with Crippen molar-refractivity contribution in [2.45, 2.75) is 96.8 Å². The maximum atomic E-state index is 12.3. The predicted octanol–water partition coefficient (Wildman–Crippen LogP) is 7.89. The maximum absolute atomic E-state index is 12.3. The molecule has 0 atom stereocenters. The summed E-state index contributed by atoms with van der Waals surface area (Å²) >= 11 is 5.87. The van der Waals surface area contributed by atoms with Gasteiger partial charge in [-0.1, -0.05) is 102 Å². The average Bonchev–Trinajstić information content (AvgIpc) is 2.68. The minimum Gasteiger partial charge on any atom is -0.342 e. The normalized spacial score (nSPS) is 10.9. The Labute approximate surface area is 172 Å². The summed E-state index contributed by atoms with van der Waals surface area (Å²) < 4.78 is 0. The number of hydrogen-bond donors (Lipinski definition) is 0. The van der Waals surface area contributed by atoms with Gasteiger partial charge in [0, 0.05) is 24.2 Å². The second-order valence-electron chi connectivity index (χ2n) is 7.83. The molecule has 2 nitrogen and oxygen atoms in total. The Morgan fingerprint density at radius 3 is 1.59 bits per heavy atom. The van der Waals surface area contributed by atoms with E-state index in [-0.39, 0.29) is 5.91 Å². The molecule has 0 saturated carbocycles. The van der Waals surface area contributed by atoms with Gasteiger partial charge in [-0.3, -0.25) is 4.79 Å². The Morgan fingerprint density at radius 2 is 1.15 bits per heavy atom. The zero-order chi connectivity index (χ0) is 19.7. The van der Waals surface area contributed by atoms with Crippen molar-refractivity contribution in [1.82, 2.24) is 4.90 Å². The average molecular weight is 394 g/mol. The van der Waals surface area contributed by atoms with Crippen molar-refractivity contribution in [2.24, 2.45) is 0 Å². The van der Waals surface area contributed by atoms with E-state index in [0.717, 1.165) is 13.0 Å². The highest BCUT2D eigenvalue weighted by atomic mass is 35.5. The summed E-state index contributed by atoms with van der Waals surface area (Å²) in [5.74, 6) is 0.0846. The second kappa shape index (κ2) is 16.0. The monoisotopic (exact) mass is 393 g/mol. The van der Waals surface area contributed by atoms with Crippen LogP contribution < -0.4 is 0 Å². The lowest BCUT2D eigenvalue weighted by Crippen LogP contribution is -2.27. The smallest absolute Gasteiger partial charge is 0.253 e. The summed E-state index contributed by atoms with van der Waals surface area (Å²) in [7, 11) is 1.89. The van der Waals surface area contributed by atoms with E-state index >= 15 is 0 Å². The third-order valence-corrected chi connectivity index (χ3v) is 5.54. The zero-order valence-electron chi connectivity index (χ0n) is 17.6. The number of unbranched alkanes of at least 4 members (excludes halogenated alkanes) is 13. The van der Waals surface area contributed by atoms with Crippen LogP contribution in [-0.2, 0) is 0 Å². The standard InChI is InChI=1S/C24H40ClNO/c1-3-4-5-6-7-8-9-10-11-12-13-14-15-16-21-26(2)24(27)22-17-19-23(25)20-18-22/h17-20H,3-16,21H2,1-2H3. The molecule has 0 aliphatic rings. The third kappa shape index (κ3) is 12.1. The van der Waals surface area contributed by atoms with Crippen molar-refractivity contribution >= 4 is 17.5 Å².